The van der Waals surface area contributed by atoms with Gasteiger partial charge in [0.1, 0.15) is 0 Å². The minimum atomic E-state index is -4.79. The number of nitrogens with zero attached hydrogens (tertiary/aromatic N) is 4. The van der Waals surface area contributed by atoms with E-state index in [0.717, 1.165) is 18.5 Å². The van der Waals surface area contributed by atoms with Gasteiger partial charge in [-0.25, -0.2) is 0 Å². The molecule has 2 amide bonds. The Hall–Kier alpha value is -3.24. The Morgan fingerprint density at radius 1 is 1.08 bits per heavy atom. The Labute approximate surface area is 139 Å². The number of benzene rings is 1. The van der Waals surface area contributed by atoms with E-state index in [0.29, 0.717) is 0 Å². The second-order valence-electron chi connectivity index (χ2n) is 4.80. The lowest BCUT2D eigenvalue weighted by molar-refractivity contribution is -0.144. The lowest BCUT2D eigenvalue weighted by Crippen LogP contribution is -2.42. The summed E-state index contributed by atoms with van der Waals surface area (Å²) in [5.41, 5.74) is 0.272. The molecule has 0 saturated heterocycles. The van der Waals surface area contributed by atoms with E-state index in [9.17, 15) is 22.8 Å². The Morgan fingerprint density at radius 3 is 2.12 bits per heavy atom. The van der Waals surface area contributed by atoms with E-state index in [-0.39, 0.29) is 11.6 Å². The summed E-state index contributed by atoms with van der Waals surface area (Å²) in [6.45, 7) is 2.31. The molecular formula is C14H13F3N6O2. The molecular weight excluding hydrogens is 341 g/mol. The van der Waals surface area contributed by atoms with Crippen LogP contribution >= 0.6 is 0 Å². The molecule has 11 heteroatoms. The second-order valence-corrected chi connectivity index (χ2v) is 4.80. The topological polar surface area (TPSA) is 101 Å². The normalized spacial score (nSPS) is 10.9. The lowest BCUT2D eigenvalue weighted by Gasteiger charge is -2.07. The molecule has 0 saturated carbocycles. The highest BCUT2D eigenvalue weighted by Gasteiger charge is 2.37. The number of rotatable bonds is 2. The average Bonchev–Trinajstić information content (AvgIpc) is 2.90. The summed E-state index contributed by atoms with van der Waals surface area (Å²) in [5, 5.41) is 7.82. The number of hydrogen-bond donors (Lipinski definition) is 2. The fourth-order valence-corrected chi connectivity index (χ4v) is 1.76. The largest absolute Gasteiger partial charge is 0.453 e. The summed E-state index contributed by atoms with van der Waals surface area (Å²) < 4.78 is 39.6. The first-order valence-corrected chi connectivity index (χ1v) is 6.90. The summed E-state index contributed by atoms with van der Waals surface area (Å²) >= 11 is 0. The van der Waals surface area contributed by atoms with Gasteiger partial charge in [0.15, 0.2) is 0 Å². The summed E-state index contributed by atoms with van der Waals surface area (Å²) in [5.74, 6) is -3.38. The minimum Gasteiger partial charge on any atom is -0.296 e. The van der Waals surface area contributed by atoms with Gasteiger partial charge < -0.3 is 0 Å². The number of halogens is 3. The molecule has 0 spiro atoms. The van der Waals surface area contributed by atoms with E-state index in [4.69, 9.17) is 0 Å². The van der Waals surface area contributed by atoms with Gasteiger partial charge in [-0.3, -0.25) is 20.2 Å². The third-order valence-corrected chi connectivity index (χ3v) is 2.65. The van der Waals surface area contributed by atoms with Crippen LogP contribution in [0.4, 0.5) is 19.1 Å². The molecule has 0 aliphatic rings. The number of para-hydroxylation sites is 1. The van der Waals surface area contributed by atoms with Gasteiger partial charge in [0.2, 0.25) is 17.8 Å². The number of nitrogens with one attached hydrogen (secondary N) is 2. The summed E-state index contributed by atoms with van der Waals surface area (Å²) in [6, 6.07) is 7.88. The van der Waals surface area contributed by atoms with Crippen LogP contribution < -0.4 is 10.6 Å². The van der Waals surface area contributed by atoms with Crippen molar-refractivity contribution in [2.75, 3.05) is 0 Å². The zero-order valence-electron chi connectivity index (χ0n) is 13.1. The number of amides is 2. The maximum atomic E-state index is 12.9. The van der Waals surface area contributed by atoms with Gasteiger partial charge in [-0.1, -0.05) is 18.2 Å². The molecule has 1 heterocycles. The fraction of sp³-hybridized carbons (Fsp3) is 0.214. The molecule has 1 aromatic heterocycles. The Balaban J connectivity index is 2.57. The van der Waals surface area contributed by atoms with Crippen molar-refractivity contribution in [2.24, 2.45) is 4.99 Å². The predicted molar refractivity (Wildman–Crippen MR) is 81.1 cm³/mol. The molecule has 0 radical (unpaired) electrons. The van der Waals surface area contributed by atoms with Crippen molar-refractivity contribution in [3.05, 3.63) is 36.2 Å². The van der Waals surface area contributed by atoms with E-state index >= 15 is 0 Å². The highest BCUT2D eigenvalue weighted by Crippen LogP contribution is 2.29. The van der Waals surface area contributed by atoms with Gasteiger partial charge >= 0.3 is 6.18 Å². The molecule has 2 aromatic rings. The summed E-state index contributed by atoms with van der Waals surface area (Å²) in [7, 11) is 0. The lowest BCUT2D eigenvalue weighted by atomic mass is 10.3. The SMILES string of the molecule is CC(=O)NC(=Nc1nc(C(F)(F)F)nn1-c1ccccc1)NC(C)=O. The molecule has 2 rings (SSSR count). The van der Waals surface area contributed by atoms with E-state index in [1.54, 1.807) is 18.2 Å². The van der Waals surface area contributed by atoms with Gasteiger partial charge in [-0.15, -0.1) is 5.10 Å². The van der Waals surface area contributed by atoms with Crippen LogP contribution in [0.15, 0.2) is 35.3 Å². The molecule has 25 heavy (non-hydrogen) atoms. The molecule has 2 N–H and O–H groups in total. The molecule has 0 bridgehead atoms. The minimum absolute atomic E-state index is 0.272. The van der Waals surface area contributed by atoms with Gasteiger partial charge in [0, 0.05) is 13.8 Å². The monoisotopic (exact) mass is 354 g/mol. The number of aromatic nitrogens is 3. The maximum Gasteiger partial charge on any atom is 0.453 e. The molecule has 0 fully saturated rings. The van der Waals surface area contributed by atoms with E-state index in [1.165, 1.54) is 12.1 Å². The molecule has 0 atom stereocenters. The van der Waals surface area contributed by atoms with Crippen molar-refractivity contribution >= 4 is 23.7 Å². The zero-order valence-corrected chi connectivity index (χ0v) is 13.1. The first kappa shape index (κ1) is 18.1. The van der Waals surface area contributed by atoms with Crippen molar-refractivity contribution in [3.8, 4) is 5.69 Å². The predicted octanol–water partition coefficient (Wildman–Crippen LogP) is 1.55. The first-order valence-electron chi connectivity index (χ1n) is 6.90. The number of aliphatic imine (C=N–C) groups is 1. The number of carbonyl (C=O) groups excluding carboxylic acids is 2. The van der Waals surface area contributed by atoms with Crippen LogP contribution in [0.2, 0.25) is 0 Å². The van der Waals surface area contributed by atoms with Gasteiger partial charge in [0.05, 0.1) is 5.69 Å². The first-order chi connectivity index (χ1) is 11.7. The van der Waals surface area contributed by atoms with E-state index in [1.807, 2.05) is 0 Å². The van der Waals surface area contributed by atoms with Gasteiger partial charge in [-0.2, -0.15) is 27.8 Å². The number of alkyl halides is 3. The number of carbonyl (C=O) groups is 2. The van der Waals surface area contributed by atoms with Gasteiger partial charge in [-0.05, 0) is 12.1 Å². The van der Waals surface area contributed by atoms with Crippen molar-refractivity contribution in [1.82, 2.24) is 25.4 Å². The molecule has 0 aliphatic heterocycles. The van der Waals surface area contributed by atoms with Gasteiger partial charge in [0.25, 0.3) is 11.8 Å². The standard InChI is InChI=1S/C14H13F3N6O2/c1-8(24)18-12(19-9(2)25)21-13-20-11(14(15,16)17)22-23(13)10-6-4-3-5-7-10/h3-7H,1-2H3,(H2,18,19,20,21,22,24,25). The highest BCUT2D eigenvalue weighted by molar-refractivity contribution is 6.04. The van der Waals surface area contributed by atoms with E-state index in [2.05, 4.69) is 25.7 Å². The van der Waals surface area contributed by atoms with Crippen LogP contribution in [-0.2, 0) is 15.8 Å². The van der Waals surface area contributed by atoms with Crippen LogP contribution in [0.5, 0.6) is 0 Å². The van der Waals surface area contributed by atoms with Crippen LogP contribution in [0.25, 0.3) is 5.69 Å². The van der Waals surface area contributed by atoms with E-state index < -0.39 is 29.8 Å². The van der Waals surface area contributed by atoms with Crippen molar-refractivity contribution in [3.63, 3.8) is 0 Å². The van der Waals surface area contributed by atoms with Crippen LogP contribution in [-0.4, -0.2) is 32.5 Å². The number of hydrogen-bond acceptors (Lipinski definition) is 5. The van der Waals surface area contributed by atoms with Crippen LogP contribution in [0, 0.1) is 0 Å². The average molecular weight is 354 g/mol. The van der Waals surface area contributed by atoms with Crippen LogP contribution in [0.1, 0.15) is 19.7 Å². The third kappa shape index (κ3) is 4.86. The smallest absolute Gasteiger partial charge is 0.296 e. The van der Waals surface area contributed by atoms with Crippen LogP contribution in [0.3, 0.4) is 0 Å². The summed E-state index contributed by atoms with van der Waals surface area (Å²) in [4.78, 5) is 29.5. The Morgan fingerprint density at radius 2 is 1.64 bits per heavy atom. The molecule has 132 valence electrons. The quantitative estimate of drug-likeness (QED) is 0.631. The zero-order chi connectivity index (χ0) is 18.6. The Kier molecular flexibility index (Phi) is 5.15. The van der Waals surface area contributed by atoms with Crippen molar-refractivity contribution in [1.29, 1.82) is 0 Å². The number of guanidine groups is 1. The van der Waals surface area contributed by atoms with Crippen molar-refractivity contribution in [2.45, 2.75) is 20.0 Å². The van der Waals surface area contributed by atoms with Crippen molar-refractivity contribution < 1.29 is 22.8 Å². The summed E-state index contributed by atoms with van der Waals surface area (Å²) in [6.07, 6.45) is -4.79. The highest BCUT2D eigenvalue weighted by atomic mass is 19.4. The second kappa shape index (κ2) is 7.11. The molecule has 0 aliphatic carbocycles. The molecule has 8 nitrogen and oxygen atoms in total. The molecule has 0 unspecified atom stereocenters. The fourth-order valence-electron chi connectivity index (χ4n) is 1.76. The third-order valence-electron chi connectivity index (χ3n) is 2.65. The Bertz CT molecular complexity index is 796. The maximum absolute atomic E-state index is 12.9. The molecule has 1 aromatic carbocycles.